The minimum Gasteiger partial charge on any atom is -0.469 e. The van der Waals surface area contributed by atoms with Crippen LogP contribution >= 0.6 is 0 Å². The van der Waals surface area contributed by atoms with E-state index in [0.717, 1.165) is 0 Å². The summed E-state index contributed by atoms with van der Waals surface area (Å²) >= 11 is 0. The molecule has 0 bridgehead atoms. The molecule has 0 unspecified atom stereocenters. The van der Waals surface area contributed by atoms with Crippen LogP contribution in [0, 0.1) is 5.92 Å². The van der Waals surface area contributed by atoms with E-state index in [4.69, 9.17) is 14.2 Å². The van der Waals surface area contributed by atoms with Crippen molar-refractivity contribution in [2.75, 3.05) is 30.1 Å². The minimum atomic E-state index is -3.39. The number of rotatable bonds is 9. The van der Waals surface area contributed by atoms with Crippen molar-refractivity contribution in [2.24, 2.45) is 5.92 Å². The van der Waals surface area contributed by atoms with Crippen LogP contribution in [0.4, 0.5) is 21.2 Å². The van der Waals surface area contributed by atoms with Crippen molar-refractivity contribution in [3.05, 3.63) is 77.9 Å². The fraction of sp³-hybridized carbons (Fsp3) is 0.400. The van der Waals surface area contributed by atoms with E-state index in [0.29, 0.717) is 59.1 Å². The van der Waals surface area contributed by atoms with E-state index in [1.165, 1.54) is 7.11 Å². The standard InChI is InChI=1S/C35H39FN2O7Si/c1-22-32(46(3,4)36)30(18-20-39)45-35(22)25-21-23(16-17-26(25)37(34(35)42)19-10-9-15-31(40)43-2)38-27-12-6-8-14-29(27)44-28-13-7-5-11-24(28)33(38)41/h5-8,11-14,16-17,21-22,30,32,39H,9-10,15,18-20H2,1-4H3/t22-,30+,32-,35+/m1/s1. The first-order chi connectivity index (χ1) is 22.0. The van der Waals surface area contributed by atoms with Crippen LogP contribution in [-0.4, -0.2) is 57.7 Å². The molecular formula is C35H39FN2O7Si. The molecule has 2 amide bonds. The van der Waals surface area contributed by atoms with Gasteiger partial charge in [0.15, 0.2) is 11.4 Å². The number of hydrogen-bond donors (Lipinski definition) is 1. The Balaban J connectivity index is 1.49. The van der Waals surface area contributed by atoms with Crippen LogP contribution in [0.5, 0.6) is 11.5 Å². The number of methoxy groups -OCH3 is 1. The zero-order valence-corrected chi connectivity index (χ0v) is 27.5. The van der Waals surface area contributed by atoms with Gasteiger partial charge in [-0.25, -0.2) is 0 Å². The largest absolute Gasteiger partial charge is 0.469 e. The first-order valence-electron chi connectivity index (χ1n) is 15.7. The maximum Gasteiger partial charge on any atom is 0.305 e. The van der Waals surface area contributed by atoms with Gasteiger partial charge < -0.3 is 28.3 Å². The van der Waals surface area contributed by atoms with E-state index in [1.807, 2.05) is 37.3 Å². The van der Waals surface area contributed by atoms with E-state index in [2.05, 4.69) is 0 Å². The number of aliphatic hydroxyl groups is 1. The number of aliphatic hydroxyl groups excluding tert-OH is 1. The van der Waals surface area contributed by atoms with Crippen molar-refractivity contribution in [3.8, 4) is 11.5 Å². The number of halogens is 1. The van der Waals surface area contributed by atoms with Gasteiger partial charge in [-0.2, -0.15) is 0 Å². The summed E-state index contributed by atoms with van der Waals surface area (Å²) in [5.41, 5.74) is 0.533. The lowest BCUT2D eigenvalue weighted by molar-refractivity contribution is -0.146. The topological polar surface area (TPSA) is 106 Å². The first kappa shape index (κ1) is 31.9. The van der Waals surface area contributed by atoms with Crippen LogP contribution in [0.15, 0.2) is 66.7 Å². The van der Waals surface area contributed by atoms with Crippen molar-refractivity contribution in [3.63, 3.8) is 0 Å². The van der Waals surface area contributed by atoms with Crippen LogP contribution in [-0.2, 0) is 24.7 Å². The van der Waals surface area contributed by atoms with Crippen molar-refractivity contribution in [1.82, 2.24) is 0 Å². The fourth-order valence-corrected chi connectivity index (χ4v) is 10.0. The summed E-state index contributed by atoms with van der Waals surface area (Å²) in [4.78, 5) is 43.8. The molecular weight excluding hydrogens is 607 g/mol. The Morgan fingerprint density at radius 2 is 1.74 bits per heavy atom. The van der Waals surface area contributed by atoms with Gasteiger partial charge in [0.2, 0.25) is 8.41 Å². The van der Waals surface area contributed by atoms with Crippen LogP contribution in [0.3, 0.4) is 0 Å². The summed E-state index contributed by atoms with van der Waals surface area (Å²) in [6, 6.07) is 19.7. The van der Waals surface area contributed by atoms with Crippen LogP contribution in [0.1, 0.15) is 48.5 Å². The lowest BCUT2D eigenvalue weighted by atomic mass is 9.82. The maximum atomic E-state index is 16.0. The Kier molecular flexibility index (Phi) is 8.51. The summed E-state index contributed by atoms with van der Waals surface area (Å²) in [6.07, 6.45) is 0.819. The van der Waals surface area contributed by atoms with E-state index in [9.17, 15) is 19.5 Å². The summed E-state index contributed by atoms with van der Waals surface area (Å²) in [7, 11) is -2.05. The Morgan fingerprint density at radius 3 is 2.46 bits per heavy atom. The van der Waals surface area contributed by atoms with E-state index < -0.39 is 31.6 Å². The normalized spacial score (nSPS) is 23.6. The summed E-state index contributed by atoms with van der Waals surface area (Å²) in [6.45, 7) is 5.21. The molecule has 3 aromatic carbocycles. The number of carbonyl (C=O) groups excluding carboxylic acids is 3. The highest BCUT2D eigenvalue weighted by molar-refractivity contribution is 6.72. The number of unbranched alkanes of at least 4 members (excludes halogenated alkanes) is 1. The smallest absolute Gasteiger partial charge is 0.305 e. The van der Waals surface area contributed by atoms with Gasteiger partial charge in [-0.3, -0.25) is 19.3 Å². The van der Waals surface area contributed by atoms with Gasteiger partial charge in [0.25, 0.3) is 11.8 Å². The van der Waals surface area contributed by atoms with Gasteiger partial charge in [0, 0.05) is 42.3 Å². The molecule has 1 spiro atoms. The Morgan fingerprint density at radius 1 is 1.02 bits per heavy atom. The zero-order chi connectivity index (χ0) is 32.8. The van der Waals surface area contributed by atoms with Crippen molar-refractivity contribution in [1.29, 1.82) is 0 Å². The van der Waals surface area contributed by atoms with Crippen molar-refractivity contribution in [2.45, 2.75) is 62.9 Å². The van der Waals surface area contributed by atoms with Crippen LogP contribution < -0.4 is 14.5 Å². The van der Waals surface area contributed by atoms with Gasteiger partial charge in [0.05, 0.1) is 30.2 Å². The average Bonchev–Trinajstić information content (AvgIpc) is 3.41. The third-order valence-electron chi connectivity index (χ3n) is 9.50. The summed E-state index contributed by atoms with van der Waals surface area (Å²) in [5.74, 6) is -0.533. The Hall–Kier alpha value is -4.06. The second-order valence-corrected chi connectivity index (χ2v) is 16.5. The second-order valence-electron chi connectivity index (χ2n) is 12.7. The molecule has 3 heterocycles. The highest BCUT2D eigenvalue weighted by Gasteiger charge is 2.66. The highest BCUT2D eigenvalue weighted by Crippen LogP contribution is 2.61. The molecule has 242 valence electrons. The monoisotopic (exact) mass is 646 g/mol. The SMILES string of the molecule is COC(=O)CCCCN1C(=O)[C@@]2(O[C@@H](CCO)[C@H]([Si](C)(C)F)[C@H]2C)c2cc(N3C(=O)c4ccccc4Oc4ccccc43)ccc21. The number of anilines is 3. The van der Waals surface area contributed by atoms with Crippen LogP contribution in [0.25, 0.3) is 0 Å². The third-order valence-corrected chi connectivity index (χ3v) is 12.0. The summed E-state index contributed by atoms with van der Waals surface area (Å²) < 4.78 is 33.7. The van der Waals surface area contributed by atoms with E-state index in [-0.39, 0.29) is 37.2 Å². The van der Waals surface area contributed by atoms with E-state index in [1.54, 1.807) is 59.3 Å². The molecule has 0 radical (unpaired) electrons. The number of hydrogen-bond acceptors (Lipinski definition) is 7. The number of esters is 1. The number of nitrogens with zero attached hydrogens (tertiary/aromatic N) is 2. The molecule has 3 aliphatic heterocycles. The molecule has 3 aliphatic rings. The Labute approximate surface area is 269 Å². The number of amides is 2. The Bertz CT molecular complexity index is 1680. The number of carbonyl (C=O) groups is 3. The number of fused-ring (bicyclic) bond motifs is 4. The quantitative estimate of drug-likeness (QED) is 0.121. The molecule has 0 aliphatic carbocycles. The van der Waals surface area contributed by atoms with Gasteiger partial charge in [-0.05, 0) is 74.8 Å². The van der Waals surface area contributed by atoms with Gasteiger partial charge in [-0.1, -0.05) is 31.2 Å². The molecule has 4 atom stereocenters. The number of benzene rings is 3. The lowest BCUT2D eigenvalue weighted by Crippen LogP contribution is -2.45. The minimum absolute atomic E-state index is 0.199. The molecule has 46 heavy (non-hydrogen) atoms. The molecule has 11 heteroatoms. The molecule has 0 saturated carbocycles. The highest BCUT2D eigenvalue weighted by atomic mass is 28.4. The predicted octanol–water partition coefficient (Wildman–Crippen LogP) is 6.62. The molecule has 1 N–H and O–H groups in total. The molecule has 9 nitrogen and oxygen atoms in total. The van der Waals surface area contributed by atoms with Crippen LogP contribution in [0.2, 0.25) is 18.6 Å². The maximum absolute atomic E-state index is 16.0. The molecule has 1 fully saturated rings. The van der Waals surface area contributed by atoms with Gasteiger partial charge in [0.1, 0.15) is 5.75 Å². The zero-order valence-electron chi connectivity index (χ0n) is 26.5. The fourth-order valence-electron chi connectivity index (χ4n) is 7.50. The molecule has 0 aromatic heterocycles. The molecule has 6 rings (SSSR count). The van der Waals surface area contributed by atoms with Gasteiger partial charge >= 0.3 is 5.97 Å². The average molecular weight is 647 g/mol. The molecule has 3 aromatic rings. The second kappa shape index (κ2) is 12.3. The number of para-hydroxylation sites is 3. The molecule has 1 saturated heterocycles. The summed E-state index contributed by atoms with van der Waals surface area (Å²) in [5, 5.41) is 9.92. The van der Waals surface area contributed by atoms with Gasteiger partial charge in [-0.15, -0.1) is 0 Å². The third kappa shape index (κ3) is 5.20. The lowest BCUT2D eigenvalue weighted by Gasteiger charge is -2.31. The van der Waals surface area contributed by atoms with Crippen molar-refractivity contribution < 1.29 is 37.8 Å². The first-order valence-corrected chi connectivity index (χ1v) is 18.7. The number of ether oxygens (including phenoxy) is 3. The van der Waals surface area contributed by atoms with E-state index >= 15 is 4.11 Å². The van der Waals surface area contributed by atoms with Crippen molar-refractivity contribution >= 4 is 43.3 Å². The predicted molar refractivity (Wildman–Crippen MR) is 174 cm³/mol.